The molecule has 0 bridgehead atoms. The Kier molecular flexibility index (Phi) is 4.09. The van der Waals surface area contributed by atoms with Crippen molar-refractivity contribution in [1.82, 2.24) is 0 Å². The molecule has 1 saturated carbocycles. The predicted octanol–water partition coefficient (Wildman–Crippen LogP) is 3.57. The zero-order chi connectivity index (χ0) is 10.5. The smallest absolute Gasteiger partial charge is 0.0178 e. The second kappa shape index (κ2) is 5.57. The van der Waals surface area contributed by atoms with Gasteiger partial charge in [0.15, 0.2) is 0 Å². The van der Waals surface area contributed by atoms with E-state index in [-0.39, 0.29) is 0 Å². The molecule has 2 N–H and O–H groups in total. The SMILES string of the molecule is NCc1ccc(SC2CCCCC2)cc1. The summed E-state index contributed by atoms with van der Waals surface area (Å²) < 4.78 is 0. The van der Waals surface area contributed by atoms with E-state index in [1.807, 2.05) is 11.8 Å². The van der Waals surface area contributed by atoms with Crippen molar-refractivity contribution in [2.24, 2.45) is 5.73 Å². The summed E-state index contributed by atoms with van der Waals surface area (Å²) in [7, 11) is 0. The highest BCUT2D eigenvalue weighted by Crippen LogP contribution is 2.33. The molecule has 82 valence electrons. The molecule has 0 amide bonds. The van der Waals surface area contributed by atoms with Crippen molar-refractivity contribution in [3.8, 4) is 0 Å². The number of rotatable bonds is 3. The molecule has 1 aliphatic carbocycles. The van der Waals surface area contributed by atoms with Gasteiger partial charge in [-0.05, 0) is 30.5 Å². The van der Waals surface area contributed by atoms with Crippen molar-refractivity contribution in [1.29, 1.82) is 0 Å². The summed E-state index contributed by atoms with van der Waals surface area (Å²) in [6, 6.07) is 8.71. The summed E-state index contributed by atoms with van der Waals surface area (Å²) in [5.74, 6) is 0. The van der Waals surface area contributed by atoms with Gasteiger partial charge in [0.1, 0.15) is 0 Å². The molecule has 1 aromatic rings. The lowest BCUT2D eigenvalue weighted by Gasteiger charge is -2.20. The fraction of sp³-hybridized carbons (Fsp3) is 0.538. The predicted molar refractivity (Wildman–Crippen MR) is 67.1 cm³/mol. The maximum absolute atomic E-state index is 5.58. The molecule has 0 unspecified atom stereocenters. The van der Waals surface area contributed by atoms with E-state index >= 15 is 0 Å². The number of thioether (sulfide) groups is 1. The van der Waals surface area contributed by atoms with E-state index < -0.39 is 0 Å². The average molecular weight is 221 g/mol. The highest BCUT2D eigenvalue weighted by Gasteiger charge is 2.14. The Morgan fingerprint density at radius 1 is 1.07 bits per heavy atom. The van der Waals surface area contributed by atoms with Gasteiger partial charge < -0.3 is 5.73 Å². The van der Waals surface area contributed by atoms with Gasteiger partial charge in [0.2, 0.25) is 0 Å². The van der Waals surface area contributed by atoms with E-state index in [9.17, 15) is 0 Å². The zero-order valence-corrected chi connectivity index (χ0v) is 9.93. The van der Waals surface area contributed by atoms with Gasteiger partial charge in [-0.3, -0.25) is 0 Å². The second-order valence-electron chi connectivity index (χ2n) is 4.23. The van der Waals surface area contributed by atoms with Gasteiger partial charge in [0, 0.05) is 16.7 Å². The summed E-state index contributed by atoms with van der Waals surface area (Å²) in [5, 5.41) is 0.850. The molecule has 0 atom stereocenters. The summed E-state index contributed by atoms with van der Waals surface area (Å²) in [6.45, 7) is 0.647. The first kappa shape index (κ1) is 11.0. The third kappa shape index (κ3) is 3.25. The molecule has 0 aliphatic heterocycles. The lowest BCUT2D eigenvalue weighted by atomic mass is 10.0. The topological polar surface area (TPSA) is 26.0 Å². The van der Waals surface area contributed by atoms with Crippen LogP contribution in [0.4, 0.5) is 0 Å². The normalized spacial score (nSPS) is 17.9. The van der Waals surface area contributed by atoms with Gasteiger partial charge in [-0.25, -0.2) is 0 Å². The third-order valence-electron chi connectivity index (χ3n) is 3.01. The van der Waals surface area contributed by atoms with Crippen molar-refractivity contribution in [3.05, 3.63) is 29.8 Å². The van der Waals surface area contributed by atoms with Gasteiger partial charge in [0.05, 0.1) is 0 Å². The molecule has 15 heavy (non-hydrogen) atoms. The monoisotopic (exact) mass is 221 g/mol. The Bertz CT molecular complexity index is 288. The van der Waals surface area contributed by atoms with Crippen molar-refractivity contribution in [2.75, 3.05) is 0 Å². The number of nitrogens with two attached hydrogens (primary N) is 1. The van der Waals surface area contributed by atoms with Crippen molar-refractivity contribution in [3.63, 3.8) is 0 Å². The Balaban J connectivity index is 1.91. The van der Waals surface area contributed by atoms with E-state index in [0.717, 1.165) is 5.25 Å². The largest absolute Gasteiger partial charge is 0.326 e. The summed E-state index contributed by atoms with van der Waals surface area (Å²) in [5.41, 5.74) is 6.80. The highest BCUT2D eigenvalue weighted by molar-refractivity contribution is 8.00. The van der Waals surface area contributed by atoms with Crippen molar-refractivity contribution >= 4 is 11.8 Å². The van der Waals surface area contributed by atoms with E-state index in [4.69, 9.17) is 5.73 Å². The minimum Gasteiger partial charge on any atom is -0.326 e. The van der Waals surface area contributed by atoms with Crippen LogP contribution in [-0.2, 0) is 6.54 Å². The molecule has 0 radical (unpaired) electrons. The lowest BCUT2D eigenvalue weighted by molar-refractivity contribution is 0.516. The minimum atomic E-state index is 0.647. The Labute approximate surface area is 96.4 Å². The molecule has 0 aromatic heterocycles. The number of hydrogen-bond donors (Lipinski definition) is 1. The lowest BCUT2D eigenvalue weighted by Crippen LogP contribution is -2.07. The third-order valence-corrected chi connectivity index (χ3v) is 4.36. The van der Waals surface area contributed by atoms with E-state index in [1.165, 1.54) is 42.6 Å². The first-order valence-corrected chi connectivity index (χ1v) is 6.72. The van der Waals surface area contributed by atoms with Crippen LogP contribution < -0.4 is 5.73 Å². The zero-order valence-electron chi connectivity index (χ0n) is 9.11. The fourth-order valence-corrected chi connectivity index (χ4v) is 3.33. The van der Waals surface area contributed by atoms with Gasteiger partial charge in [-0.1, -0.05) is 31.4 Å². The van der Waals surface area contributed by atoms with Crippen LogP contribution in [0.1, 0.15) is 37.7 Å². The van der Waals surface area contributed by atoms with E-state index in [2.05, 4.69) is 24.3 Å². The minimum absolute atomic E-state index is 0.647. The van der Waals surface area contributed by atoms with Crippen LogP contribution in [0.5, 0.6) is 0 Å². The van der Waals surface area contributed by atoms with Crippen molar-refractivity contribution < 1.29 is 0 Å². The van der Waals surface area contributed by atoms with Crippen LogP contribution in [0, 0.1) is 0 Å². The maximum atomic E-state index is 5.58. The molecular weight excluding hydrogens is 202 g/mol. The molecule has 2 rings (SSSR count). The molecule has 0 heterocycles. The van der Waals surface area contributed by atoms with Crippen molar-refractivity contribution in [2.45, 2.75) is 48.8 Å². The van der Waals surface area contributed by atoms with Crippen LogP contribution in [0.25, 0.3) is 0 Å². The van der Waals surface area contributed by atoms with Crippen LogP contribution in [0.3, 0.4) is 0 Å². The Morgan fingerprint density at radius 2 is 1.73 bits per heavy atom. The second-order valence-corrected chi connectivity index (χ2v) is 5.60. The van der Waals surface area contributed by atoms with Crippen LogP contribution in [0.2, 0.25) is 0 Å². The number of hydrogen-bond acceptors (Lipinski definition) is 2. The van der Waals surface area contributed by atoms with Crippen LogP contribution in [-0.4, -0.2) is 5.25 Å². The molecule has 1 aliphatic rings. The highest BCUT2D eigenvalue weighted by atomic mass is 32.2. The molecular formula is C13H19NS. The maximum Gasteiger partial charge on any atom is 0.0178 e. The molecule has 0 spiro atoms. The molecule has 1 nitrogen and oxygen atoms in total. The quantitative estimate of drug-likeness (QED) is 0.844. The summed E-state index contributed by atoms with van der Waals surface area (Å²) >= 11 is 2.04. The molecule has 1 fully saturated rings. The average Bonchev–Trinajstić information content (AvgIpc) is 2.31. The first-order valence-electron chi connectivity index (χ1n) is 5.84. The van der Waals surface area contributed by atoms with E-state index in [0.29, 0.717) is 6.54 Å². The van der Waals surface area contributed by atoms with Gasteiger partial charge in [0.25, 0.3) is 0 Å². The first-order chi connectivity index (χ1) is 7.38. The fourth-order valence-electron chi connectivity index (χ4n) is 2.08. The Morgan fingerprint density at radius 3 is 2.33 bits per heavy atom. The van der Waals surface area contributed by atoms with Crippen LogP contribution in [0.15, 0.2) is 29.2 Å². The molecule has 0 saturated heterocycles. The van der Waals surface area contributed by atoms with E-state index in [1.54, 1.807) is 0 Å². The standard InChI is InChI=1S/C13H19NS/c14-10-11-6-8-13(9-7-11)15-12-4-2-1-3-5-12/h6-9,12H,1-5,10,14H2. The van der Waals surface area contributed by atoms with Crippen LogP contribution >= 0.6 is 11.8 Å². The molecule has 1 aromatic carbocycles. The molecule has 2 heteroatoms. The summed E-state index contributed by atoms with van der Waals surface area (Å²) in [6.07, 6.45) is 7.05. The Hall–Kier alpha value is -0.470. The van der Waals surface area contributed by atoms with Gasteiger partial charge in [-0.2, -0.15) is 0 Å². The number of benzene rings is 1. The summed E-state index contributed by atoms with van der Waals surface area (Å²) in [4.78, 5) is 1.40. The van der Waals surface area contributed by atoms with Gasteiger partial charge in [-0.15, -0.1) is 11.8 Å². The van der Waals surface area contributed by atoms with Gasteiger partial charge >= 0.3 is 0 Å².